The molecule has 0 aliphatic heterocycles. The summed E-state index contributed by atoms with van der Waals surface area (Å²) >= 11 is 12.9. The zero-order valence-corrected chi connectivity index (χ0v) is 12.8. The van der Waals surface area contributed by atoms with E-state index in [1.54, 1.807) is 6.92 Å². The number of nitrogens with one attached hydrogen (secondary N) is 2. The van der Waals surface area contributed by atoms with E-state index in [1.807, 2.05) is 0 Å². The van der Waals surface area contributed by atoms with Crippen LogP contribution < -0.4 is 10.6 Å². The predicted molar refractivity (Wildman–Crippen MR) is 80.7 cm³/mol. The average Bonchev–Trinajstić information content (AvgIpc) is 2.78. The second-order valence-corrected chi connectivity index (χ2v) is 5.41. The molecule has 1 aromatic heterocycles. The van der Waals surface area contributed by atoms with Gasteiger partial charge in [0, 0.05) is 11.5 Å². The van der Waals surface area contributed by atoms with Crippen LogP contribution in [0, 0.1) is 6.92 Å². The fraction of sp³-hybridized carbons (Fsp3) is 0.0909. The van der Waals surface area contributed by atoms with Gasteiger partial charge in [0.15, 0.2) is 0 Å². The number of urea groups is 1. The molecule has 1 aromatic carbocycles. The number of anilines is 2. The van der Waals surface area contributed by atoms with Crippen LogP contribution in [0.5, 0.6) is 0 Å². The second-order valence-electron chi connectivity index (χ2n) is 3.85. The first-order valence-electron chi connectivity index (χ1n) is 5.47. The van der Waals surface area contributed by atoms with Gasteiger partial charge in [-0.3, -0.25) is 5.32 Å². The summed E-state index contributed by atoms with van der Waals surface area (Å²) < 4.78 is 3.91. The number of hydrogen-bond acceptors (Lipinski definition) is 5. The number of benzene rings is 1. The first-order valence-corrected chi connectivity index (χ1v) is 7.00. The fourth-order valence-electron chi connectivity index (χ4n) is 1.41. The molecule has 0 unspecified atom stereocenters. The molecule has 10 heteroatoms. The Morgan fingerprint density at radius 2 is 1.86 bits per heavy atom. The van der Waals surface area contributed by atoms with Gasteiger partial charge in [-0.05, 0) is 19.1 Å². The Balaban J connectivity index is 2.15. The van der Waals surface area contributed by atoms with Crippen LogP contribution in [-0.4, -0.2) is 26.5 Å². The molecule has 0 bridgehead atoms. The van der Waals surface area contributed by atoms with Gasteiger partial charge in [-0.25, -0.2) is 14.6 Å². The van der Waals surface area contributed by atoms with E-state index in [2.05, 4.69) is 20.0 Å². The first kappa shape index (κ1) is 15.5. The minimum Gasteiger partial charge on any atom is -0.478 e. The minimum absolute atomic E-state index is 0.0171. The molecule has 2 amide bonds. The predicted octanol–water partition coefficient (Wildman–Crippen LogP) is 3.50. The highest BCUT2D eigenvalue weighted by molar-refractivity contribution is 7.09. The molecule has 0 saturated carbocycles. The van der Waals surface area contributed by atoms with E-state index in [0.717, 1.165) is 11.5 Å². The van der Waals surface area contributed by atoms with Gasteiger partial charge in [0.05, 0.1) is 21.3 Å². The van der Waals surface area contributed by atoms with Crippen LogP contribution in [0.25, 0.3) is 0 Å². The molecule has 21 heavy (non-hydrogen) atoms. The van der Waals surface area contributed by atoms with E-state index < -0.39 is 12.0 Å². The van der Waals surface area contributed by atoms with Crippen LogP contribution in [0.2, 0.25) is 10.0 Å². The topological polar surface area (TPSA) is 104 Å². The summed E-state index contributed by atoms with van der Waals surface area (Å²) in [4.78, 5) is 26.6. The molecular formula is C11H8Cl2N4O3S. The van der Waals surface area contributed by atoms with E-state index in [-0.39, 0.29) is 21.3 Å². The molecular weight excluding hydrogens is 339 g/mol. The third kappa shape index (κ3) is 3.81. The van der Waals surface area contributed by atoms with E-state index in [9.17, 15) is 9.59 Å². The van der Waals surface area contributed by atoms with Crippen LogP contribution in [0.1, 0.15) is 16.2 Å². The van der Waals surface area contributed by atoms with Gasteiger partial charge in [-0.15, -0.1) is 0 Å². The lowest BCUT2D eigenvalue weighted by molar-refractivity contribution is 0.0697. The highest BCUT2D eigenvalue weighted by Crippen LogP contribution is 2.32. The molecule has 3 N–H and O–H groups in total. The normalized spacial score (nSPS) is 10.2. The number of nitrogens with zero attached hydrogens (tertiary/aromatic N) is 2. The van der Waals surface area contributed by atoms with Gasteiger partial charge < -0.3 is 10.4 Å². The number of carboxylic acids is 1. The quantitative estimate of drug-likeness (QED) is 0.788. The van der Waals surface area contributed by atoms with Crippen LogP contribution in [-0.2, 0) is 0 Å². The molecule has 0 aliphatic rings. The third-order valence-electron chi connectivity index (χ3n) is 2.28. The zero-order valence-electron chi connectivity index (χ0n) is 10.5. The first-order chi connectivity index (χ1) is 9.86. The van der Waals surface area contributed by atoms with Crippen molar-refractivity contribution >= 4 is 57.6 Å². The Labute approximate surface area is 133 Å². The Hall–Kier alpha value is -1.90. The molecule has 0 fully saturated rings. The van der Waals surface area contributed by atoms with Crippen molar-refractivity contribution in [2.75, 3.05) is 10.6 Å². The lowest BCUT2D eigenvalue weighted by atomic mass is 10.2. The van der Waals surface area contributed by atoms with Crippen molar-refractivity contribution in [3.8, 4) is 0 Å². The highest BCUT2D eigenvalue weighted by atomic mass is 35.5. The number of hydrogen-bond donors (Lipinski definition) is 3. The number of aromatic carboxylic acids is 1. The van der Waals surface area contributed by atoms with Gasteiger partial charge >= 0.3 is 12.0 Å². The van der Waals surface area contributed by atoms with E-state index >= 15 is 0 Å². The van der Waals surface area contributed by atoms with Gasteiger partial charge in [-0.1, -0.05) is 23.2 Å². The maximum Gasteiger partial charge on any atom is 0.335 e. The summed E-state index contributed by atoms with van der Waals surface area (Å²) in [6.07, 6.45) is 0. The van der Waals surface area contributed by atoms with E-state index in [0.29, 0.717) is 11.0 Å². The van der Waals surface area contributed by atoms with Gasteiger partial charge in [0.25, 0.3) is 0 Å². The number of aromatic nitrogens is 2. The largest absolute Gasteiger partial charge is 0.478 e. The summed E-state index contributed by atoms with van der Waals surface area (Å²) in [5.74, 6) is -0.628. The average molecular weight is 347 g/mol. The van der Waals surface area contributed by atoms with Crippen LogP contribution in [0.3, 0.4) is 0 Å². The third-order valence-corrected chi connectivity index (χ3v) is 3.59. The molecule has 0 spiro atoms. The summed E-state index contributed by atoms with van der Waals surface area (Å²) in [5, 5.41) is 14.1. The molecule has 2 aromatic rings. The van der Waals surface area contributed by atoms with Crippen LogP contribution in [0.4, 0.5) is 15.6 Å². The molecule has 0 atom stereocenters. The van der Waals surface area contributed by atoms with Crippen molar-refractivity contribution in [1.82, 2.24) is 9.36 Å². The van der Waals surface area contributed by atoms with Gasteiger partial charge in [0.2, 0.25) is 5.13 Å². The molecule has 1 heterocycles. The van der Waals surface area contributed by atoms with Crippen molar-refractivity contribution in [2.24, 2.45) is 0 Å². The lowest BCUT2D eigenvalue weighted by Crippen LogP contribution is -2.20. The monoisotopic (exact) mass is 346 g/mol. The Morgan fingerprint density at radius 3 is 2.33 bits per heavy atom. The SMILES string of the molecule is Cc1nsc(NC(=O)Nc2c(Cl)cc(C(=O)O)cc2Cl)n1. The Kier molecular flexibility index (Phi) is 4.61. The van der Waals surface area contributed by atoms with Crippen molar-refractivity contribution < 1.29 is 14.7 Å². The molecule has 0 aliphatic carbocycles. The summed E-state index contributed by atoms with van der Waals surface area (Å²) in [6, 6.07) is 1.78. The zero-order chi connectivity index (χ0) is 15.6. The van der Waals surface area contributed by atoms with Crippen molar-refractivity contribution in [3.63, 3.8) is 0 Å². The second kappa shape index (κ2) is 6.25. The number of aryl methyl sites for hydroxylation is 1. The lowest BCUT2D eigenvalue weighted by Gasteiger charge is -2.10. The molecule has 0 radical (unpaired) electrons. The minimum atomic E-state index is -1.17. The highest BCUT2D eigenvalue weighted by Gasteiger charge is 2.15. The number of halogens is 2. The van der Waals surface area contributed by atoms with E-state index in [1.165, 1.54) is 12.1 Å². The molecule has 2 rings (SSSR count). The smallest absolute Gasteiger partial charge is 0.335 e. The molecule has 7 nitrogen and oxygen atoms in total. The standard InChI is InChI=1S/C11H8Cl2N4O3S/c1-4-14-11(21-17-4)16-10(20)15-8-6(12)2-5(9(18)19)3-7(8)13/h2-3H,1H3,(H,18,19)(H2,14,15,16,17,20). The number of carbonyl (C=O) groups is 2. The molecule has 110 valence electrons. The van der Waals surface area contributed by atoms with Crippen LogP contribution >= 0.6 is 34.7 Å². The van der Waals surface area contributed by atoms with E-state index in [4.69, 9.17) is 28.3 Å². The van der Waals surface area contributed by atoms with Crippen molar-refractivity contribution in [1.29, 1.82) is 0 Å². The van der Waals surface area contributed by atoms with Crippen LogP contribution in [0.15, 0.2) is 12.1 Å². The summed E-state index contributed by atoms with van der Waals surface area (Å²) in [5.41, 5.74) is 0.0396. The molecule has 0 saturated heterocycles. The maximum atomic E-state index is 11.8. The van der Waals surface area contributed by atoms with Crippen molar-refractivity contribution in [2.45, 2.75) is 6.92 Å². The number of carboxylic acid groups (broad SMARTS) is 1. The Morgan fingerprint density at radius 1 is 1.24 bits per heavy atom. The summed E-state index contributed by atoms with van der Waals surface area (Å²) in [7, 11) is 0. The van der Waals surface area contributed by atoms with Crippen molar-refractivity contribution in [3.05, 3.63) is 33.6 Å². The number of carbonyl (C=O) groups excluding carboxylic acids is 1. The summed E-state index contributed by atoms with van der Waals surface area (Å²) in [6.45, 7) is 1.69. The number of amides is 2. The number of rotatable bonds is 3. The van der Waals surface area contributed by atoms with Gasteiger partial charge in [-0.2, -0.15) is 4.37 Å². The Bertz CT molecular complexity index is 696. The van der Waals surface area contributed by atoms with Gasteiger partial charge in [0.1, 0.15) is 5.82 Å². The fourth-order valence-corrected chi connectivity index (χ4v) is 2.56. The maximum absolute atomic E-state index is 11.8.